The minimum atomic E-state index is 0.276. The summed E-state index contributed by atoms with van der Waals surface area (Å²) in [5.41, 5.74) is 4.76. The first-order valence-corrected chi connectivity index (χ1v) is 7.65. The van der Waals surface area contributed by atoms with Gasteiger partial charge in [0.25, 0.3) is 0 Å². The van der Waals surface area contributed by atoms with E-state index in [1.165, 1.54) is 36.9 Å². The number of anilines is 1. The predicted molar refractivity (Wildman–Crippen MR) is 81.8 cm³/mol. The molecule has 0 unspecified atom stereocenters. The first-order valence-electron chi connectivity index (χ1n) is 7.65. The van der Waals surface area contributed by atoms with Gasteiger partial charge in [0.1, 0.15) is 0 Å². The SMILES string of the molecule is CN1CC(C)(C)c2c(CNC3CCCC3)cccc21. The highest BCUT2D eigenvalue weighted by atomic mass is 15.1. The largest absolute Gasteiger partial charge is 0.373 e. The van der Waals surface area contributed by atoms with Gasteiger partial charge >= 0.3 is 0 Å². The smallest absolute Gasteiger partial charge is 0.0405 e. The Labute approximate surface area is 117 Å². The fourth-order valence-electron chi connectivity index (χ4n) is 3.97. The van der Waals surface area contributed by atoms with Crippen LogP contribution in [0.25, 0.3) is 0 Å². The second-order valence-corrected chi connectivity index (χ2v) is 6.91. The molecule has 1 aliphatic carbocycles. The molecule has 0 bridgehead atoms. The van der Waals surface area contributed by atoms with Crippen LogP contribution >= 0.6 is 0 Å². The van der Waals surface area contributed by atoms with Crippen LogP contribution in [0.1, 0.15) is 50.7 Å². The molecule has 0 atom stereocenters. The zero-order valence-corrected chi connectivity index (χ0v) is 12.5. The van der Waals surface area contributed by atoms with Crippen molar-refractivity contribution in [1.29, 1.82) is 0 Å². The summed E-state index contributed by atoms with van der Waals surface area (Å²) in [6, 6.07) is 7.53. The summed E-state index contributed by atoms with van der Waals surface area (Å²) in [6.45, 7) is 6.90. The summed E-state index contributed by atoms with van der Waals surface area (Å²) < 4.78 is 0. The molecule has 1 saturated carbocycles. The van der Waals surface area contributed by atoms with Crippen LogP contribution in [0.2, 0.25) is 0 Å². The average molecular weight is 258 g/mol. The molecule has 2 heteroatoms. The highest BCUT2D eigenvalue weighted by Gasteiger charge is 2.35. The lowest BCUT2D eigenvalue weighted by molar-refractivity contribution is 0.511. The van der Waals surface area contributed by atoms with Gasteiger partial charge in [-0.05, 0) is 30.0 Å². The Hall–Kier alpha value is -1.02. The Morgan fingerprint density at radius 3 is 2.74 bits per heavy atom. The van der Waals surface area contributed by atoms with Gasteiger partial charge in [0, 0.05) is 37.3 Å². The molecule has 1 aromatic rings. The highest BCUT2D eigenvalue weighted by Crippen LogP contribution is 2.41. The molecular weight excluding hydrogens is 232 g/mol. The van der Waals surface area contributed by atoms with Gasteiger partial charge < -0.3 is 10.2 Å². The van der Waals surface area contributed by atoms with Crippen molar-refractivity contribution in [2.75, 3.05) is 18.5 Å². The Kier molecular flexibility index (Phi) is 3.30. The standard InChI is InChI=1S/C17H26N2/c1-17(2)12-19(3)15-10-6-7-13(16(15)17)11-18-14-8-4-5-9-14/h6-7,10,14,18H,4-5,8-9,11-12H2,1-3H3. The van der Waals surface area contributed by atoms with E-state index in [2.05, 4.69) is 49.3 Å². The predicted octanol–water partition coefficient (Wildman–Crippen LogP) is 3.45. The summed E-state index contributed by atoms with van der Waals surface area (Å²) in [6.07, 6.45) is 5.52. The molecule has 1 aromatic carbocycles. The summed E-state index contributed by atoms with van der Waals surface area (Å²) in [7, 11) is 2.21. The molecule has 19 heavy (non-hydrogen) atoms. The second-order valence-electron chi connectivity index (χ2n) is 6.91. The molecule has 0 aromatic heterocycles. The summed E-state index contributed by atoms with van der Waals surface area (Å²) in [4.78, 5) is 2.40. The van der Waals surface area contributed by atoms with Crippen molar-refractivity contribution >= 4 is 5.69 Å². The molecule has 1 heterocycles. The number of benzene rings is 1. The first-order chi connectivity index (χ1) is 9.08. The van der Waals surface area contributed by atoms with Gasteiger partial charge in [0.05, 0.1) is 0 Å². The molecule has 1 fully saturated rings. The van der Waals surface area contributed by atoms with E-state index >= 15 is 0 Å². The van der Waals surface area contributed by atoms with E-state index in [-0.39, 0.29) is 5.41 Å². The number of fused-ring (bicyclic) bond motifs is 1. The third kappa shape index (κ3) is 2.38. The first kappa shape index (κ1) is 13.0. The molecule has 2 nitrogen and oxygen atoms in total. The zero-order valence-electron chi connectivity index (χ0n) is 12.5. The fourth-order valence-corrected chi connectivity index (χ4v) is 3.97. The van der Waals surface area contributed by atoms with Crippen molar-refractivity contribution in [3.05, 3.63) is 29.3 Å². The molecule has 2 aliphatic rings. The lowest BCUT2D eigenvalue weighted by Gasteiger charge is -2.22. The van der Waals surface area contributed by atoms with Gasteiger partial charge in [-0.2, -0.15) is 0 Å². The van der Waals surface area contributed by atoms with Crippen LogP contribution in [-0.4, -0.2) is 19.6 Å². The number of hydrogen-bond donors (Lipinski definition) is 1. The molecule has 3 rings (SSSR count). The van der Waals surface area contributed by atoms with Gasteiger partial charge in [-0.15, -0.1) is 0 Å². The molecule has 1 N–H and O–H groups in total. The summed E-state index contributed by atoms with van der Waals surface area (Å²) in [5, 5.41) is 3.76. The van der Waals surface area contributed by atoms with Crippen LogP contribution < -0.4 is 10.2 Å². The molecule has 0 radical (unpaired) electrons. The van der Waals surface area contributed by atoms with Gasteiger partial charge in [0.15, 0.2) is 0 Å². The van der Waals surface area contributed by atoms with E-state index in [1.54, 1.807) is 5.56 Å². The van der Waals surface area contributed by atoms with Gasteiger partial charge in [-0.25, -0.2) is 0 Å². The van der Waals surface area contributed by atoms with Crippen LogP contribution in [0, 0.1) is 0 Å². The molecule has 0 spiro atoms. The summed E-state index contributed by atoms with van der Waals surface area (Å²) >= 11 is 0. The molecular formula is C17H26N2. The van der Waals surface area contributed by atoms with Crippen LogP contribution in [0.5, 0.6) is 0 Å². The van der Waals surface area contributed by atoms with E-state index in [0.717, 1.165) is 19.1 Å². The van der Waals surface area contributed by atoms with Crippen molar-refractivity contribution in [2.45, 2.75) is 57.5 Å². The second kappa shape index (κ2) is 4.82. The highest BCUT2D eigenvalue weighted by molar-refractivity contribution is 5.64. The third-order valence-corrected chi connectivity index (χ3v) is 4.79. The van der Waals surface area contributed by atoms with E-state index in [1.807, 2.05) is 0 Å². The Bertz CT molecular complexity index is 458. The fraction of sp³-hybridized carbons (Fsp3) is 0.647. The van der Waals surface area contributed by atoms with E-state index in [9.17, 15) is 0 Å². The lowest BCUT2D eigenvalue weighted by Crippen LogP contribution is -2.28. The number of hydrogen-bond acceptors (Lipinski definition) is 2. The Balaban J connectivity index is 1.82. The molecule has 1 aliphatic heterocycles. The van der Waals surface area contributed by atoms with Crippen LogP contribution in [0.3, 0.4) is 0 Å². The van der Waals surface area contributed by atoms with E-state index in [0.29, 0.717) is 0 Å². The zero-order chi connectivity index (χ0) is 13.5. The van der Waals surface area contributed by atoms with Crippen molar-refractivity contribution < 1.29 is 0 Å². The number of nitrogens with one attached hydrogen (secondary N) is 1. The average Bonchev–Trinajstić information content (AvgIpc) is 2.95. The Morgan fingerprint density at radius 2 is 2.00 bits per heavy atom. The van der Waals surface area contributed by atoms with E-state index < -0.39 is 0 Å². The molecule has 104 valence electrons. The molecule has 0 saturated heterocycles. The lowest BCUT2D eigenvalue weighted by atomic mass is 9.83. The topological polar surface area (TPSA) is 15.3 Å². The molecule has 0 amide bonds. The van der Waals surface area contributed by atoms with Crippen LogP contribution in [0.15, 0.2) is 18.2 Å². The third-order valence-electron chi connectivity index (χ3n) is 4.79. The van der Waals surface area contributed by atoms with Crippen LogP contribution in [0.4, 0.5) is 5.69 Å². The maximum Gasteiger partial charge on any atom is 0.0405 e. The monoisotopic (exact) mass is 258 g/mol. The van der Waals surface area contributed by atoms with Crippen molar-refractivity contribution in [3.8, 4) is 0 Å². The summed E-state index contributed by atoms with van der Waals surface area (Å²) in [5.74, 6) is 0. The quantitative estimate of drug-likeness (QED) is 0.893. The number of rotatable bonds is 3. The van der Waals surface area contributed by atoms with Crippen LogP contribution in [-0.2, 0) is 12.0 Å². The minimum absolute atomic E-state index is 0.276. The van der Waals surface area contributed by atoms with Crippen molar-refractivity contribution in [2.24, 2.45) is 0 Å². The number of likely N-dealkylation sites (N-methyl/N-ethyl adjacent to an activating group) is 1. The maximum atomic E-state index is 3.76. The normalized spacial score (nSPS) is 21.9. The maximum absolute atomic E-state index is 3.76. The van der Waals surface area contributed by atoms with Crippen molar-refractivity contribution in [1.82, 2.24) is 5.32 Å². The minimum Gasteiger partial charge on any atom is -0.373 e. The van der Waals surface area contributed by atoms with E-state index in [4.69, 9.17) is 0 Å². The van der Waals surface area contributed by atoms with Crippen molar-refractivity contribution in [3.63, 3.8) is 0 Å². The Morgan fingerprint density at radius 1 is 1.26 bits per heavy atom. The number of nitrogens with zero attached hydrogens (tertiary/aromatic N) is 1. The van der Waals surface area contributed by atoms with Gasteiger partial charge in [-0.3, -0.25) is 0 Å². The van der Waals surface area contributed by atoms with Gasteiger partial charge in [0.2, 0.25) is 0 Å². The van der Waals surface area contributed by atoms with Gasteiger partial charge in [-0.1, -0.05) is 38.8 Å².